The molecule has 0 aliphatic carbocycles. The Kier molecular flexibility index (Phi) is 8.79. The topological polar surface area (TPSA) is 135 Å². The standard InChI is InChI=1S/C22H31N7O4/c1-32-13-3-8-24-19(30)15-28-9-11-29(12-10-28)22-25-14-18(20(23)27-22)21(31)26-16-4-6-17(33-2)7-5-16/h4-7,14H,3,8-13,15H2,1-2H3,(H,24,30)(H,26,31)(H2,23,25,27). The molecule has 11 nitrogen and oxygen atoms in total. The molecular formula is C22H31N7O4. The summed E-state index contributed by atoms with van der Waals surface area (Å²) in [6.45, 7) is 4.32. The average molecular weight is 458 g/mol. The lowest BCUT2D eigenvalue weighted by Crippen LogP contribution is -2.50. The van der Waals surface area contributed by atoms with Crippen LogP contribution in [0.2, 0.25) is 0 Å². The molecule has 1 saturated heterocycles. The molecular weight excluding hydrogens is 426 g/mol. The molecule has 2 aromatic rings. The summed E-state index contributed by atoms with van der Waals surface area (Å²) < 4.78 is 10.1. The fourth-order valence-electron chi connectivity index (χ4n) is 3.39. The van der Waals surface area contributed by atoms with E-state index in [9.17, 15) is 9.59 Å². The number of methoxy groups -OCH3 is 2. The van der Waals surface area contributed by atoms with E-state index < -0.39 is 0 Å². The van der Waals surface area contributed by atoms with Gasteiger partial charge in [0.1, 0.15) is 17.1 Å². The lowest BCUT2D eigenvalue weighted by molar-refractivity contribution is -0.122. The third kappa shape index (κ3) is 7.02. The predicted octanol–water partition coefficient (Wildman–Crippen LogP) is 0.594. The van der Waals surface area contributed by atoms with Crippen molar-refractivity contribution in [2.75, 3.05) is 76.0 Å². The van der Waals surface area contributed by atoms with E-state index in [0.29, 0.717) is 63.3 Å². The minimum atomic E-state index is -0.384. The van der Waals surface area contributed by atoms with Gasteiger partial charge in [-0.2, -0.15) is 4.98 Å². The number of amides is 2. The monoisotopic (exact) mass is 457 g/mol. The Morgan fingerprint density at radius 3 is 2.48 bits per heavy atom. The molecule has 2 amide bonds. The molecule has 0 spiro atoms. The molecule has 1 aromatic heterocycles. The van der Waals surface area contributed by atoms with Crippen LogP contribution in [0.4, 0.5) is 17.5 Å². The van der Waals surface area contributed by atoms with E-state index in [4.69, 9.17) is 15.2 Å². The van der Waals surface area contributed by atoms with Crippen LogP contribution in [0.5, 0.6) is 5.75 Å². The number of hydrogen-bond donors (Lipinski definition) is 3. The van der Waals surface area contributed by atoms with Gasteiger partial charge in [0.2, 0.25) is 11.9 Å². The first kappa shape index (κ1) is 24.2. The number of rotatable bonds is 10. The Morgan fingerprint density at radius 1 is 1.12 bits per heavy atom. The molecule has 33 heavy (non-hydrogen) atoms. The summed E-state index contributed by atoms with van der Waals surface area (Å²) in [5.74, 6) is 0.905. The first-order valence-electron chi connectivity index (χ1n) is 10.8. The van der Waals surface area contributed by atoms with Crippen LogP contribution in [0, 0.1) is 0 Å². The maximum atomic E-state index is 12.6. The van der Waals surface area contributed by atoms with Crippen molar-refractivity contribution in [2.24, 2.45) is 0 Å². The number of ether oxygens (including phenoxy) is 2. The van der Waals surface area contributed by atoms with Crippen LogP contribution in [0.3, 0.4) is 0 Å². The maximum Gasteiger partial charge on any atom is 0.260 e. The van der Waals surface area contributed by atoms with Gasteiger partial charge in [-0.25, -0.2) is 4.98 Å². The van der Waals surface area contributed by atoms with Gasteiger partial charge in [-0.05, 0) is 30.7 Å². The molecule has 178 valence electrons. The Bertz CT molecular complexity index is 931. The van der Waals surface area contributed by atoms with E-state index in [1.807, 2.05) is 4.90 Å². The Hall–Kier alpha value is -3.44. The molecule has 1 aromatic carbocycles. The van der Waals surface area contributed by atoms with Crippen LogP contribution >= 0.6 is 0 Å². The van der Waals surface area contributed by atoms with Crippen molar-refractivity contribution < 1.29 is 19.1 Å². The number of nitrogen functional groups attached to an aromatic ring is 1. The molecule has 2 heterocycles. The number of carbonyl (C=O) groups excluding carboxylic acids is 2. The van der Waals surface area contributed by atoms with Crippen molar-refractivity contribution in [1.29, 1.82) is 0 Å². The molecule has 0 atom stereocenters. The maximum absolute atomic E-state index is 12.6. The highest BCUT2D eigenvalue weighted by Crippen LogP contribution is 2.19. The van der Waals surface area contributed by atoms with Gasteiger partial charge in [-0.1, -0.05) is 0 Å². The van der Waals surface area contributed by atoms with Gasteiger partial charge in [0, 0.05) is 58.3 Å². The van der Waals surface area contributed by atoms with E-state index >= 15 is 0 Å². The zero-order valence-corrected chi connectivity index (χ0v) is 19.0. The van der Waals surface area contributed by atoms with Crippen LogP contribution in [0.1, 0.15) is 16.8 Å². The summed E-state index contributed by atoms with van der Waals surface area (Å²) in [6.07, 6.45) is 2.24. The Morgan fingerprint density at radius 2 is 1.85 bits per heavy atom. The first-order chi connectivity index (χ1) is 16.0. The first-order valence-corrected chi connectivity index (χ1v) is 10.8. The molecule has 0 unspecified atom stereocenters. The number of nitrogens with two attached hydrogens (primary N) is 1. The second-order valence-electron chi connectivity index (χ2n) is 7.61. The third-order valence-corrected chi connectivity index (χ3v) is 5.27. The minimum absolute atomic E-state index is 0.00673. The molecule has 1 aliphatic rings. The highest BCUT2D eigenvalue weighted by Gasteiger charge is 2.22. The van der Waals surface area contributed by atoms with E-state index in [2.05, 4.69) is 25.5 Å². The number of hydrogen-bond acceptors (Lipinski definition) is 9. The summed E-state index contributed by atoms with van der Waals surface area (Å²) >= 11 is 0. The number of piperazine rings is 1. The fraction of sp³-hybridized carbons (Fsp3) is 0.455. The van der Waals surface area contributed by atoms with Crippen molar-refractivity contribution in [1.82, 2.24) is 20.2 Å². The fourth-order valence-corrected chi connectivity index (χ4v) is 3.39. The predicted molar refractivity (Wildman–Crippen MR) is 126 cm³/mol. The van der Waals surface area contributed by atoms with Crippen molar-refractivity contribution in [3.63, 3.8) is 0 Å². The van der Waals surface area contributed by atoms with Crippen LogP contribution < -0.4 is 26.0 Å². The SMILES string of the molecule is COCCCNC(=O)CN1CCN(c2ncc(C(=O)Nc3ccc(OC)cc3)c(N)n2)CC1. The molecule has 1 fully saturated rings. The second-order valence-corrected chi connectivity index (χ2v) is 7.61. The number of nitrogens with one attached hydrogen (secondary N) is 2. The molecule has 11 heteroatoms. The molecule has 1 aliphatic heterocycles. The van der Waals surface area contributed by atoms with Crippen molar-refractivity contribution >= 4 is 29.3 Å². The Balaban J connectivity index is 1.49. The molecule has 4 N–H and O–H groups in total. The Labute approximate surface area is 193 Å². The summed E-state index contributed by atoms with van der Waals surface area (Å²) in [4.78, 5) is 37.4. The molecule has 0 radical (unpaired) electrons. The van der Waals surface area contributed by atoms with Gasteiger partial charge in [0.05, 0.1) is 13.7 Å². The normalized spacial score (nSPS) is 14.1. The third-order valence-electron chi connectivity index (χ3n) is 5.27. The number of anilines is 3. The largest absolute Gasteiger partial charge is 0.497 e. The van der Waals surface area contributed by atoms with E-state index in [1.54, 1.807) is 38.5 Å². The number of aromatic nitrogens is 2. The van der Waals surface area contributed by atoms with Gasteiger partial charge in [0.25, 0.3) is 5.91 Å². The van der Waals surface area contributed by atoms with Crippen LogP contribution in [0.25, 0.3) is 0 Å². The minimum Gasteiger partial charge on any atom is -0.497 e. The van der Waals surface area contributed by atoms with Crippen LogP contribution in [0.15, 0.2) is 30.5 Å². The highest BCUT2D eigenvalue weighted by molar-refractivity contribution is 6.07. The van der Waals surface area contributed by atoms with Gasteiger partial charge >= 0.3 is 0 Å². The van der Waals surface area contributed by atoms with E-state index in [1.165, 1.54) is 6.20 Å². The number of nitrogens with zero attached hydrogens (tertiary/aromatic N) is 4. The lowest BCUT2D eigenvalue weighted by atomic mass is 10.2. The van der Waals surface area contributed by atoms with Gasteiger partial charge in [-0.3, -0.25) is 14.5 Å². The quantitative estimate of drug-likeness (QED) is 0.438. The number of carbonyl (C=O) groups is 2. The van der Waals surface area contributed by atoms with Gasteiger partial charge in [0.15, 0.2) is 0 Å². The van der Waals surface area contributed by atoms with Crippen molar-refractivity contribution in [3.05, 3.63) is 36.0 Å². The van der Waals surface area contributed by atoms with Gasteiger partial charge in [-0.15, -0.1) is 0 Å². The summed E-state index contributed by atoms with van der Waals surface area (Å²) in [5.41, 5.74) is 6.88. The molecule has 3 rings (SSSR count). The van der Waals surface area contributed by atoms with Crippen molar-refractivity contribution in [2.45, 2.75) is 6.42 Å². The summed E-state index contributed by atoms with van der Waals surface area (Å²) in [6, 6.07) is 6.98. The summed E-state index contributed by atoms with van der Waals surface area (Å²) in [5, 5.41) is 5.67. The van der Waals surface area contributed by atoms with Crippen molar-refractivity contribution in [3.8, 4) is 5.75 Å². The zero-order valence-electron chi connectivity index (χ0n) is 19.0. The molecule has 0 bridgehead atoms. The smallest absolute Gasteiger partial charge is 0.260 e. The van der Waals surface area contributed by atoms with Crippen LogP contribution in [-0.2, 0) is 9.53 Å². The second kappa shape index (κ2) is 12.0. The highest BCUT2D eigenvalue weighted by atomic mass is 16.5. The van der Waals surface area contributed by atoms with E-state index in [0.717, 1.165) is 6.42 Å². The molecule has 0 saturated carbocycles. The lowest BCUT2D eigenvalue weighted by Gasteiger charge is -2.34. The van der Waals surface area contributed by atoms with Gasteiger partial charge < -0.3 is 30.7 Å². The summed E-state index contributed by atoms with van der Waals surface area (Å²) in [7, 11) is 3.22. The van der Waals surface area contributed by atoms with Crippen LogP contribution in [-0.4, -0.2) is 86.8 Å². The average Bonchev–Trinajstić information content (AvgIpc) is 2.82. The zero-order chi connectivity index (χ0) is 23.6. The number of benzene rings is 1. The van der Waals surface area contributed by atoms with E-state index in [-0.39, 0.29) is 23.2 Å².